The Morgan fingerprint density at radius 3 is 2.08 bits per heavy atom. The highest BCUT2D eigenvalue weighted by Crippen LogP contribution is 2.18. The molecule has 0 fully saturated rings. The molecule has 0 N–H and O–H groups in total. The summed E-state index contributed by atoms with van der Waals surface area (Å²) in [4.78, 5) is 44.7. The van der Waals surface area contributed by atoms with Gasteiger partial charge >= 0.3 is 11.9 Å². The fourth-order valence-corrected chi connectivity index (χ4v) is 2.08. The van der Waals surface area contributed by atoms with E-state index < -0.39 is 11.9 Å². The van der Waals surface area contributed by atoms with Gasteiger partial charge in [-0.25, -0.2) is 19.4 Å². The van der Waals surface area contributed by atoms with Crippen LogP contribution in [0.3, 0.4) is 0 Å². The zero-order chi connectivity index (χ0) is 19.1. The normalized spacial score (nSPS) is 10.8. The van der Waals surface area contributed by atoms with Gasteiger partial charge in [-0.1, -0.05) is 61.2 Å². The second-order valence-electron chi connectivity index (χ2n) is 5.63. The summed E-state index contributed by atoms with van der Waals surface area (Å²) in [6.07, 6.45) is 1.51. The molecule has 0 aromatic heterocycles. The molecule has 0 aliphatic heterocycles. The lowest BCUT2D eigenvalue weighted by Gasteiger charge is -2.07. The average Bonchev–Trinajstić information content (AvgIpc) is 2.66. The summed E-state index contributed by atoms with van der Waals surface area (Å²) in [6.45, 7) is 6.32. The Morgan fingerprint density at radius 2 is 1.42 bits per heavy atom. The Morgan fingerprint density at radius 1 is 0.846 bits per heavy atom. The predicted octanol–water partition coefficient (Wildman–Crippen LogP) is 3.90. The molecular formula is C21H18O5. The molecule has 0 heterocycles. The lowest BCUT2D eigenvalue weighted by atomic mass is 9.97. The Hall–Kier alpha value is -3.47. The maximum absolute atomic E-state index is 12.7. The van der Waals surface area contributed by atoms with Crippen LogP contribution in [-0.4, -0.2) is 17.7 Å². The van der Waals surface area contributed by atoms with Crippen LogP contribution in [0, 0.1) is 0 Å². The largest absolute Gasteiger partial charge is 0.382 e. The van der Waals surface area contributed by atoms with E-state index >= 15 is 0 Å². The van der Waals surface area contributed by atoms with Crippen molar-refractivity contribution in [3.63, 3.8) is 0 Å². The monoisotopic (exact) mass is 350 g/mol. The van der Waals surface area contributed by atoms with E-state index in [0.29, 0.717) is 16.7 Å². The molecule has 2 rings (SSSR count). The maximum Gasteiger partial charge on any atom is 0.382 e. The van der Waals surface area contributed by atoms with Gasteiger partial charge in [0.1, 0.15) is 0 Å². The molecule has 0 amide bonds. The number of hydrogen-bond acceptors (Lipinski definition) is 5. The Balaban J connectivity index is 2.22. The number of hydrogen-bond donors (Lipinski definition) is 0. The van der Waals surface area contributed by atoms with Crippen molar-refractivity contribution < 1.29 is 24.2 Å². The van der Waals surface area contributed by atoms with E-state index in [0.717, 1.165) is 0 Å². The highest BCUT2D eigenvalue weighted by molar-refractivity contribution is 6.11. The zero-order valence-corrected chi connectivity index (χ0v) is 14.5. The van der Waals surface area contributed by atoms with Gasteiger partial charge in [0.2, 0.25) is 0 Å². The Bertz CT molecular complexity index is 878. The van der Waals surface area contributed by atoms with Gasteiger partial charge in [0, 0.05) is 22.3 Å². The Kier molecular flexibility index (Phi) is 6.22. The average molecular weight is 350 g/mol. The molecule has 132 valence electrons. The van der Waals surface area contributed by atoms with E-state index in [1.54, 1.807) is 48.5 Å². The highest BCUT2D eigenvalue weighted by atomic mass is 17.2. The Labute approximate surface area is 151 Å². The van der Waals surface area contributed by atoms with E-state index in [-0.39, 0.29) is 16.9 Å². The third-order valence-electron chi connectivity index (χ3n) is 3.48. The summed E-state index contributed by atoms with van der Waals surface area (Å²) >= 11 is 0. The molecule has 0 unspecified atom stereocenters. The lowest BCUT2D eigenvalue weighted by Crippen LogP contribution is -2.12. The molecule has 0 aliphatic carbocycles. The molecule has 0 aliphatic rings. The molecule has 0 saturated carbocycles. The predicted molar refractivity (Wildman–Crippen MR) is 97.0 cm³/mol. The quantitative estimate of drug-likeness (QED) is 0.354. The minimum absolute atomic E-state index is 0.109. The summed E-state index contributed by atoms with van der Waals surface area (Å²) in [5, 5.41) is 0. The molecule has 0 radical (unpaired) electrons. The van der Waals surface area contributed by atoms with Gasteiger partial charge in [0.05, 0.1) is 0 Å². The molecule has 2 aromatic carbocycles. The molecule has 26 heavy (non-hydrogen) atoms. The SMILES string of the molecule is C=C(C)C(=O)OOC(=O)/C(C)=C/c1ccccc1C(=O)c1ccccc1. The molecule has 2 aromatic rings. The van der Waals surface area contributed by atoms with Crippen molar-refractivity contribution in [2.75, 3.05) is 0 Å². The molecule has 0 saturated heterocycles. The minimum atomic E-state index is -0.832. The van der Waals surface area contributed by atoms with Crippen molar-refractivity contribution in [2.45, 2.75) is 13.8 Å². The van der Waals surface area contributed by atoms with Crippen molar-refractivity contribution >= 4 is 23.8 Å². The van der Waals surface area contributed by atoms with Gasteiger partial charge < -0.3 is 0 Å². The fraction of sp³-hybridized carbons (Fsp3) is 0.0952. The minimum Gasteiger partial charge on any atom is -0.289 e. The number of rotatable bonds is 5. The van der Waals surface area contributed by atoms with Gasteiger partial charge in [-0.05, 0) is 25.5 Å². The fourth-order valence-electron chi connectivity index (χ4n) is 2.08. The van der Waals surface area contributed by atoms with Crippen LogP contribution in [-0.2, 0) is 19.4 Å². The number of carbonyl (C=O) groups is 3. The van der Waals surface area contributed by atoms with E-state index in [1.807, 2.05) is 6.07 Å². The van der Waals surface area contributed by atoms with Gasteiger partial charge in [-0.2, -0.15) is 0 Å². The van der Waals surface area contributed by atoms with E-state index in [9.17, 15) is 14.4 Å². The van der Waals surface area contributed by atoms with E-state index in [1.165, 1.54) is 19.9 Å². The first kappa shape index (κ1) is 18.9. The smallest absolute Gasteiger partial charge is 0.289 e. The van der Waals surface area contributed by atoms with Crippen LogP contribution in [0.4, 0.5) is 0 Å². The number of benzene rings is 2. The molecule has 0 bridgehead atoms. The highest BCUT2D eigenvalue weighted by Gasteiger charge is 2.15. The zero-order valence-electron chi connectivity index (χ0n) is 14.5. The van der Waals surface area contributed by atoms with Crippen LogP contribution in [0.5, 0.6) is 0 Å². The van der Waals surface area contributed by atoms with Crippen molar-refractivity contribution in [1.29, 1.82) is 0 Å². The van der Waals surface area contributed by atoms with Gasteiger partial charge in [-0.3, -0.25) is 4.79 Å². The first-order valence-corrected chi connectivity index (χ1v) is 7.86. The van der Waals surface area contributed by atoms with Crippen LogP contribution >= 0.6 is 0 Å². The van der Waals surface area contributed by atoms with Crippen LogP contribution in [0.2, 0.25) is 0 Å². The molecule has 5 heteroatoms. The van der Waals surface area contributed by atoms with Crippen LogP contribution in [0.1, 0.15) is 35.3 Å². The third kappa shape index (κ3) is 4.77. The summed E-state index contributed by atoms with van der Waals surface area (Å²) < 4.78 is 0. The topological polar surface area (TPSA) is 69.7 Å². The molecule has 5 nitrogen and oxygen atoms in total. The summed E-state index contributed by atoms with van der Waals surface area (Å²) in [7, 11) is 0. The second-order valence-corrected chi connectivity index (χ2v) is 5.63. The van der Waals surface area contributed by atoms with Gasteiger partial charge in [0.15, 0.2) is 5.78 Å². The first-order chi connectivity index (χ1) is 12.4. The third-order valence-corrected chi connectivity index (χ3v) is 3.48. The van der Waals surface area contributed by atoms with Crippen molar-refractivity contribution in [1.82, 2.24) is 0 Å². The van der Waals surface area contributed by atoms with E-state index in [4.69, 9.17) is 0 Å². The molecular weight excluding hydrogens is 332 g/mol. The van der Waals surface area contributed by atoms with Crippen LogP contribution in [0.15, 0.2) is 72.3 Å². The number of ketones is 1. The van der Waals surface area contributed by atoms with Gasteiger partial charge in [-0.15, -0.1) is 0 Å². The summed E-state index contributed by atoms with van der Waals surface area (Å²) in [5.41, 5.74) is 1.84. The summed E-state index contributed by atoms with van der Waals surface area (Å²) in [5.74, 6) is -1.82. The van der Waals surface area contributed by atoms with Crippen LogP contribution in [0.25, 0.3) is 6.08 Å². The molecule has 0 spiro atoms. The maximum atomic E-state index is 12.7. The standard InChI is InChI=1S/C21H18O5/c1-14(2)20(23)25-26-21(24)15(3)13-17-11-7-8-12-18(17)19(22)16-9-5-4-6-10-16/h4-13H,1H2,2-3H3/b15-13+. The summed E-state index contributed by atoms with van der Waals surface area (Å²) in [6, 6.07) is 15.7. The molecule has 0 atom stereocenters. The van der Waals surface area contributed by atoms with Crippen molar-refractivity contribution in [2.24, 2.45) is 0 Å². The van der Waals surface area contributed by atoms with Crippen LogP contribution < -0.4 is 0 Å². The lowest BCUT2D eigenvalue weighted by molar-refractivity contribution is -0.252. The number of carbonyl (C=O) groups excluding carboxylic acids is 3. The second kappa shape index (κ2) is 8.58. The first-order valence-electron chi connectivity index (χ1n) is 7.86. The van der Waals surface area contributed by atoms with Crippen molar-refractivity contribution in [3.05, 3.63) is 89.0 Å². The van der Waals surface area contributed by atoms with E-state index in [2.05, 4.69) is 16.4 Å². The van der Waals surface area contributed by atoms with Crippen molar-refractivity contribution in [3.8, 4) is 0 Å². The van der Waals surface area contributed by atoms with Gasteiger partial charge in [0.25, 0.3) is 0 Å².